The van der Waals surface area contributed by atoms with Crippen LogP contribution in [0, 0.1) is 5.82 Å². The van der Waals surface area contributed by atoms with Gasteiger partial charge in [-0.3, -0.25) is 4.79 Å². The van der Waals surface area contributed by atoms with Gasteiger partial charge in [-0.15, -0.1) is 0 Å². The van der Waals surface area contributed by atoms with E-state index in [-0.39, 0.29) is 30.4 Å². The molecule has 0 unspecified atom stereocenters. The number of nitrogens with one attached hydrogen (secondary N) is 1. The first kappa shape index (κ1) is 14.6. The van der Waals surface area contributed by atoms with Crippen molar-refractivity contribution in [3.05, 3.63) is 35.6 Å². The van der Waals surface area contributed by atoms with E-state index in [0.717, 1.165) is 5.56 Å². The molecule has 0 fully saturated rings. The molecular weight excluding hydrogens is 231 g/mol. The van der Waals surface area contributed by atoms with Crippen LogP contribution < -0.4 is 5.32 Å². The van der Waals surface area contributed by atoms with Crippen LogP contribution in [0.4, 0.5) is 4.39 Å². The van der Waals surface area contributed by atoms with Gasteiger partial charge in [-0.05, 0) is 38.5 Å². The first-order chi connectivity index (χ1) is 8.41. The van der Waals surface area contributed by atoms with Gasteiger partial charge in [0.15, 0.2) is 0 Å². The molecule has 1 aromatic rings. The van der Waals surface area contributed by atoms with Crippen LogP contribution in [0.2, 0.25) is 0 Å². The van der Waals surface area contributed by atoms with Crippen molar-refractivity contribution in [2.45, 2.75) is 32.9 Å². The molecule has 0 aliphatic rings. The number of hydrogen-bond acceptors (Lipinski definition) is 2. The minimum absolute atomic E-state index is 0.0354. The van der Waals surface area contributed by atoms with Crippen LogP contribution in [0.1, 0.15) is 32.4 Å². The number of halogens is 1. The summed E-state index contributed by atoms with van der Waals surface area (Å²) in [6.07, 6.45) is 0. The van der Waals surface area contributed by atoms with Crippen molar-refractivity contribution < 1.29 is 9.18 Å². The molecule has 0 aromatic heterocycles. The summed E-state index contributed by atoms with van der Waals surface area (Å²) >= 11 is 0. The summed E-state index contributed by atoms with van der Waals surface area (Å²) in [6, 6.07) is 6.54. The minimum atomic E-state index is -0.258. The molecule has 1 atom stereocenters. The van der Waals surface area contributed by atoms with E-state index in [2.05, 4.69) is 5.32 Å². The number of rotatable bonds is 5. The highest BCUT2D eigenvalue weighted by Crippen LogP contribution is 2.13. The third-order valence-electron chi connectivity index (χ3n) is 3.08. The zero-order valence-corrected chi connectivity index (χ0v) is 11.4. The van der Waals surface area contributed by atoms with Crippen molar-refractivity contribution in [3.63, 3.8) is 0 Å². The van der Waals surface area contributed by atoms with Gasteiger partial charge in [-0.2, -0.15) is 0 Å². The number of benzene rings is 1. The quantitative estimate of drug-likeness (QED) is 0.872. The van der Waals surface area contributed by atoms with E-state index < -0.39 is 0 Å². The van der Waals surface area contributed by atoms with Crippen LogP contribution in [-0.2, 0) is 4.79 Å². The Morgan fingerprint density at radius 1 is 1.39 bits per heavy atom. The standard InChI is InChI=1S/C14H21FN2O/c1-10(2)17(4)14(18)9-16-11(3)12-6-5-7-13(15)8-12/h5-8,10-11,16H,9H2,1-4H3/t11-/m0/s1. The molecule has 1 amide bonds. The molecule has 18 heavy (non-hydrogen) atoms. The van der Waals surface area contributed by atoms with Crippen LogP contribution in [-0.4, -0.2) is 30.4 Å². The van der Waals surface area contributed by atoms with Crippen LogP contribution in [0.25, 0.3) is 0 Å². The number of carbonyl (C=O) groups excluding carboxylic acids is 1. The molecule has 0 radical (unpaired) electrons. The first-order valence-corrected chi connectivity index (χ1v) is 6.16. The topological polar surface area (TPSA) is 32.3 Å². The van der Waals surface area contributed by atoms with Crippen molar-refractivity contribution in [1.82, 2.24) is 10.2 Å². The fourth-order valence-electron chi connectivity index (χ4n) is 1.55. The Balaban J connectivity index is 2.51. The molecule has 0 heterocycles. The number of amides is 1. The predicted molar refractivity (Wildman–Crippen MR) is 70.7 cm³/mol. The summed E-state index contributed by atoms with van der Waals surface area (Å²) in [6.45, 7) is 6.10. The average Bonchev–Trinajstić information content (AvgIpc) is 2.34. The second-order valence-electron chi connectivity index (χ2n) is 4.76. The van der Waals surface area contributed by atoms with Gasteiger partial charge in [0.2, 0.25) is 5.91 Å². The summed E-state index contributed by atoms with van der Waals surface area (Å²) in [4.78, 5) is 13.5. The second kappa shape index (κ2) is 6.50. The molecular formula is C14H21FN2O. The van der Waals surface area contributed by atoms with Gasteiger partial charge in [-0.1, -0.05) is 12.1 Å². The monoisotopic (exact) mass is 252 g/mol. The maximum atomic E-state index is 13.1. The lowest BCUT2D eigenvalue weighted by Gasteiger charge is -2.23. The van der Waals surface area contributed by atoms with Gasteiger partial charge < -0.3 is 10.2 Å². The Bertz CT molecular complexity index is 407. The summed E-state index contributed by atoms with van der Waals surface area (Å²) in [5.41, 5.74) is 0.843. The normalized spacial score (nSPS) is 12.6. The van der Waals surface area contributed by atoms with Gasteiger partial charge in [0, 0.05) is 19.1 Å². The zero-order valence-electron chi connectivity index (χ0n) is 11.4. The Hall–Kier alpha value is -1.42. The third kappa shape index (κ3) is 4.11. The molecule has 100 valence electrons. The fourth-order valence-corrected chi connectivity index (χ4v) is 1.55. The van der Waals surface area contributed by atoms with E-state index in [4.69, 9.17) is 0 Å². The third-order valence-corrected chi connectivity index (χ3v) is 3.08. The minimum Gasteiger partial charge on any atom is -0.342 e. The number of carbonyl (C=O) groups is 1. The van der Waals surface area contributed by atoms with Gasteiger partial charge in [0.1, 0.15) is 5.82 Å². The lowest BCUT2D eigenvalue weighted by molar-refractivity contribution is -0.130. The highest BCUT2D eigenvalue weighted by molar-refractivity contribution is 5.78. The molecule has 0 aliphatic carbocycles. The molecule has 0 saturated heterocycles. The smallest absolute Gasteiger partial charge is 0.236 e. The molecule has 0 aliphatic heterocycles. The summed E-state index contributed by atoms with van der Waals surface area (Å²) in [7, 11) is 1.78. The maximum Gasteiger partial charge on any atom is 0.236 e. The molecule has 1 aromatic carbocycles. The van der Waals surface area contributed by atoms with Gasteiger partial charge in [0.05, 0.1) is 6.54 Å². The molecule has 0 spiro atoms. The van der Waals surface area contributed by atoms with Crippen LogP contribution in [0.3, 0.4) is 0 Å². The Kier molecular flexibility index (Phi) is 5.28. The average molecular weight is 252 g/mol. The molecule has 1 N–H and O–H groups in total. The van der Waals surface area contributed by atoms with Crippen molar-refractivity contribution in [1.29, 1.82) is 0 Å². The van der Waals surface area contributed by atoms with E-state index in [1.807, 2.05) is 26.8 Å². The highest BCUT2D eigenvalue weighted by Gasteiger charge is 2.13. The van der Waals surface area contributed by atoms with Crippen molar-refractivity contribution in [3.8, 4) is 0 Å². The summed E-state index contributed by atoms with van der Waals surface area (Å²) < 4.78 is 13.1. The Labute approximate surface area is 108 Å². The fraction of sp³-hybridized carbons (Fsp3) is 0.500. The van der Waals surface area contributed by atoms with E-state index >= 15 is 0 Å². The van der Waals surface area contributed by atoms with Crippen molar-refractivity contribution in [2.75, 3.05) is 13.6 Å². The van der Waals surface area contributed by atoms with Crippen molar-refractivity contribution >= 4 is 5.91 Å². The van der Waals surface area contributed by atoms with E-state index in [0.29, 0.717) is 0 Å². The second-order valence-corrected chi connectivity index (χ2v) is 4.76. The lowest BCUT2D eigenvalue weighted by atomic mass is 10.1. The maximum absolute atomic E-state index is 13.1. The SMILES string of the molecule is CC(C)N(C)C(=O)CN[C@@H](C)c1cccc(F)c1. The summed E-state index contributed by atoms with van der Waals surface area (Å²) in [5.74, 6) is -0.222. The number of likely N-dealkylation sites (N-methyl/N-ethyl adjacent to an activating group) is 1. The van der Waals surface area contributed by atoms with Gasteiger partial charge in [-0.25, -0.2) is 4.39 Å². The van der Waals surface area contributed by atoms with E-state index in [9.17, 15) is 9.18 Å². The predicted octanol–water partition coefficient (Wildman–Crippen LogP) is 2.34. The molecule has 1 rings (SSSR count). The van der Waals surface area contributed by atoms with E-state index in [1.165, 1.54) is 12.1 Å². The molecule has 0 saturated carbocycles. The molecule has 0 bridgehead atoms. The largest absolute Gasteiger partial charge is 0.342 e. The van der Waals surface area contributed by atoms with Crippen molar-refractivity contribution in [2.24, 2.45) is 0 Å². The Morgan fingerprint density at radius 2 is 2.06 bits per heavy atom. The van der Waals surface area contributed by atoms with Gasteiger partial charge >= 0.3 is 0 Å². The number of nitrogens with zero attached hydrogens (tertiary/aromatic N) is 1. The highest BCUT2D eigenvalue weighted by atomic mass is 19.1. The van der Waals surface area contributed by atoms with Crippen LogP contribution >= 0.6 is 0 Å². The van der Waals surface area contributed by atoms with Crippen LogP contribution in [0.15, 0.2) is 24.3 Å². The number of hydrogen-bond donors (Lipinski definition) is 1. The zero-order chi connectivity index (χ0) is 13.7. The van der Waals surface area contributed by atoms with E-state index in [1.54, 1.807) is 18.0 Å². The Morgan fingerprint density at radius 3 is 2.61 bits per heavy atom. The van der Waals surface area contributed by atoms with Gasteiger partial charge in [0.25, 0.3) is 0 Å². The van der Waals surface area contributed by atoms with Crippen LogP contribution in [0.5, 0.6) is 0 Å². The molecule has 3 nitrogen and oxygen atoms in total. The lowest BCUT2D eigenvalue weighted by Crippen LogP contribution is -2.40. The first-order valence-electron chi connectivity index (χ1n) is 6.16. The summed E-state index contributed by atoms with van der Waals surface area (Å²) in [5, 5.41) is 3.10. The molecule has 4 heteroatoms.